The van der Waals surface area contributed by atoms with Crippen LogP contribution in [0.4, 0.5) is 5.69 Å². The lowest BCUT2D eigenvalue weighted by molar-refractivity contribution is -0.143. The van der Waals surface area contributed by atoms with E-state index in [1.54, 1.807) is 22.3 Å². The van der Waals surface area contributed by atoms with Gasteiger partial charge in [-0.15, -0.1) is 11.3 Å². The Morgan fingerprint density at radius 1 is 0.875 bits per heavy atom. The summed E-state index contributed by atoms with van der Waals surface area (Å²) < 4.78 is 18.0. The van der Waals surface area contributed by atoms with Crippen molar-refractivity contribution in [1.82, 2.24) is 30.4 Å². The molecule has 4 aromatic carbocycles. The summed E-state index contributed by atoms with van der Waals surface area (Å²) in [5.74, 6) is -0.256. The Labute approximate surface area is 472 Å². The van der Waals surface area contributed by atoms with Crippen LogP contribution >= 0.6 is 11.3 Å². The number of aliphatic hydroxyl groups excluding tert-OH is 1. The summed E-state index contributed by atoms with van der Waals surface area (Å²) >= 11 is 1.58. The first-order valence-corrected chi connectivity index (χ1v) is 28.9. The number of likely N-dealkylation sites (tertiary alicyclic amines) is 1. The van der Waals surface area contributed by atoms with Crippen molar-refractivity contribution in [3.8, 4) is 33.1 Å². The summed E-state index contributed by atoms with van der Waals surface area (Å²) in [6.07, 6.45) is 2.44. The van der Waals surface area contributed by atoms with Crippen LogP contribution in [0.3, 0.4) is 0 Å². The number of H-pyrrole nitrogens is 1. The molecule has 2 aromatic heterocycles. The van der Waals surface area contributed by atoms with Crippen LogP contribution in [-0.2, 0) is 27.4 Å². The number of nitrogens with one attached hydrogen (secondary N) is 3. The van der Waals surface area contributed by atoms with E-state index in [9.17, 15) is 29.1 Å². The number of hydrogen-bond donors (Lipinski definition) is 4. The number of aromatic amines is 1. The molecule has 4 amide bonds. The molecule has 3 aliphatic heterocycles. The molecule has 2 saturated heterocycles. The molecule has 5 heterocycles. The highest BCUT2D eigenvalue weighted by Gasteiger charge is 2.46. The smallest absolute Gasteiger partial charge is 0.255 e. The minimum absolute atomic E-state index is 0.00191. The lowest BCUT2D eigenvalue weighted by atomic mass is 9.95. The lowest BCUT2D eigenvalue weighted by Gasteiger charge is -2.37. The van der Waals surface area contributed by atoms with Gasteiger partial charge >= 0.3 is 0 Å². The number of nitrogens with zero attached hydrogens (tertiary/aromatic N) is 4. The zero-order valence-electron chi connectivity index (χ0n) is 47.2. The number of fused-ring (bicyclic) bond motifs is 1. The molecule has 0 saturated carbocycles. The highest BCUT2D eigenvalue weighted by molar-refractivity contribution is 7.13. The number of ether oxygens (including phenoxy) is 3. The first-order valence-electron chi connectivity index (χ1n) is 28.0. The summed E-state index contributed by atoms with van der Waals surface area (Å²) in [6, 6.07) is 25.5. The minimum Gasteiger partial charge on any atom is -0.494 e. The third-order valence-electron chi connectivity index (χ3n) is 15.9. The van der Waals surface area contributed by atoms with Crippen molar-refractivity contribution in [3.63, 3.8) is 0 Å². The van der Waals surface area contributed by atoms with Gasteiger partial charge in [0, 0.05) is 79.9 Å². The van der Waals surface area contributed by atoms with Gasteiger partial charge in [0.25, 0.3) is 17.4 Å². The third kappa shape index (κ3) is 12.8. The Hall–Kier alpha value is -7.34. The molecule has 0 aliphatic carbocycles. The van der Waals surface area contributed by atoms with Crippen LogP contribution < -0.4 is 30.6 Å². The van der Waals surface area contributed by atoms with E-state index in [2.05, 4.69) is 38.5 Å². The number of aromatic nitrogens is 2. The zero-order valence-corrected chi connectivity index (χ0v) is 48.0. The molecule has 80 heavy (non-hydrogen) atoms. The van der Waals surface area contributed by atoms with Crippen molar-refractivity contribution in [2.45, 2.75) is 131 Å². The second kappa shape index (κ2) is 25.4. The molecule has 4 N–H and O–H groups in total. The Balaban J connectivity index is 0.779. The molecule has 16 nitrogen and oxygen atoms in total. The monoisotopic (exact) mass is 1110 g/mol. The Bertz CT molecular complexity index is 3260. The molecule has 9 rings (SSSR count). The summed E-state index contributed by atoms with van der Waals surface area (Å²) in [4.78, 5) is 83.1. The Morgan fingerprint density at radius 2 is 1.56 bits per heavy atom. The summed E-state index contributed by atoms with van der Waals surface area (Å²) in [5.41, 5.74) is 12.2. The average molecular weight is 1110 g/mol. The Kier molecular flexibility index (Phi) is 18.2. The number of β-amino-alcohol motifs (C(OH)–C–C–N with tert-alkyl or cyclic N) is 1. The van der Waals surface area contributed by atoms with Gasteiger partial charge in [-0.3, -0.25) is 24.0 Å². The van der Waals surface area contributed by atoms with Crippen LogP contribution in [-0.4, -0.2) is 112 Å². The van der Waals surface area contributed by atoms with Gasteiger partial charge in [-0.2, -0.15) is 0 Å². The number of hydrogen-bond acceptors (Lipinski definition) is 12. The molecular weight excluding hydrogens is 1030 g/mol. The molecule has 3 aliphatic rings. The number of benzene rings is 4. The molecule has 0 unspecified atom stereocenters. The maximum absolute atomic E-state index is 14.5. The number of amides is 4. The molecule has 4 atom stereocenters. The number of aliphatic hydroxyl groups is 1. The van der Waals surface area contributed by atoms with Crippen molar-refractivity contribution in [3.05, 3.63) is 151 Å². The number of anilines is 1. The van der Waals surface area contributed by atoms with Gasteiger partial charge in [-0.05, 0) is 155 Å². The van der Waals surface area contributed by atoms with Gasteiger partial charge < -0.3 is 49.6 Å². The van der Waals surface area contributed by atoms with E-state index in [4.69, 9.17) is 14.2 Å². The van der Waals surface area contributed by atoms with Crippen molar-refractivity contribution in [2.75, 3.05) is 44.4 Å². The standard InChI is InChI=1S/C63H75N7O9S/c1-9-68(48-22-26-77-27-23-48)55-30-47(29-52(40(55)6)59(72)64-33-54-38(4)28-39(5)66-60(54)73)44-16-19-50(20-17-44)78-24-10-11-25-79-51-21-18-46-34-70(62(75)53(46)32-51)57(37(2)3)63(76)69-35-49(71)31-56(69)61(74)67-41(7)43-12-14-45(15-13-43)58-42(8)65-36-80-58/h12-21,28-30,32,36-37,41,48-49,56-57,71H,9-11,22-27,31,33-35H2,1-8H3,(H,64,72)(H,66,73)(H,67,74)/t41-,49+,56-,57-/m0/s1. The molecule has 6 aromatic rings. The fourth-order valence-electron chi connectivity index (χ4n) is 11.5. The second-order valence-corrected chi connectivity index (χ2v) is 22.7. The fourth-order valence-corrected chi connectivity index (χ4v) is 12.3. The number of pyridine rings is 1. The summed E-state index contributed by atoms with van der Waals surface area (Å²) in [7, 11) is 0. The molecule has 2 fully saturated rings. The Morgan fingerprint density at radius 3 is 2.23 bits per heavy atom. The fraction of sp³-hybridized carbons (Fsp3) is 0.429. The van der Waals surface area contributed by atoms with Gasteiger partial charge in [0.05, 0.1) is 41.4 Å². The molecule has 0 bridgehead atoms. The first kappa shape index (κ1) is 57.3. The predicted molar refractivity (Wildman–Crippen MR) is 311 cm³/mol. The van der Waals surface area contributed by atoms with Crippen LogP contribution in [0.1, 0.15) is 126 Å². The van der Waals surface area contributed by atoms with E-state index in [1.807, 2.05) is 127 Å². The van der Waals surface area contributed by atoms with E-state index in [0.29, 0.717) is 67.5 Å². The maximum atomic E-state index is 14.5. The molecule has 17 heteroatoms. The van der Waals surface area contributed by atoms with Crippen LogP contribution in [0.15, 0.2) is 95.2 Å². The normalized spacial score (nSPS) is 17.1. The maximum Gasteiger partial charge on any atom is 0.255 e. The van der Waals surface area contributed by atoms with E-state index in [0.717, 1.165) is 80.3 Å². The van der Waals surface area contributed by atoms with Gasteiger partial charge in [-0.25, -0.2) is 4.98 Å². The zero-order chi connectivity index (χ0) is 56.8. The van der Waals surface area contributed by atoms with Crippen molar-refractivity contribution >= 4 is 40.7 Å². The van der Waals surface area contributed by atoms with E-state index >= 15 is 0 Å². The number of thiazole rings is 1. The van der Waals surface area contributed by atoms with E-state index in [-0.39, 0.29) is 73.2 Å². The second-order valence-electron chi connectivity index (χ2n) is 21.8. The van der Waals surface area contributed by atoms with Crippen LogP contribution in [0.5, 0.6) is 11.5 Å². The molecule has 0 radical (unpaired) electrons. The van der Waals surface area contributed by atoms with Crippen LogP contribution in [0, 0.1) is 33.6 Å². The third-order valence-corrected chi connectivity index (χ3v) is 16.8. The van der Waals surface area contributed by atoms with Gasteiger partial charge in [0.1, 0.15) is 23.6 Å². The van der Waals surface area contributed by atoms with Crippen molar-refractivity contribution in [2.24, 2.45) is 5.92 Å². The minimum atomic E-state index is -0.892. The van der Waals surface area contributed by atoms with E-state index in [1.165, 1.54) is 4.90 Å². The summed E-state index contributed by atoms with van der Waals surface area (Å²) in [5, 5.41) is 16.9. The average Bonchev–Trinajstić information content (AvgIpc) is 4.20. The summed E-state index contributed by atoms with van der Waals surface area (Å²) in [6.45, 7) is 18.9. The topological polar surface area (TPSA) is 196 Å². The number of unbranched alkanes of at least 4 members (excludes halogenated alkanes) is 1. The first-order chi connectivity index (χ1) is 38.5. The van der Waals surface area contributed by atoms with Crippen molar-refractivity contribution < 1.29 is 38.5 Å². The SMILES string of the molecule is CCN(c1cc(-c2ccc(OCCCCOc3ccc4c(c3)C(=O)N([C@H](C(=O)N3C[C@H](O)C[C@H]3C(=O)N[C@@H](C)c3ccc(-c5scnc5C)cc3)C(C)C)C4)cc2)cc(C(=O)NCc2c(C)cc(C)[nH]c2=O)c1C)C1CCOCC1. The highest BCUT2D eigenvalue weighted by Crippen LogP contribution is 2.36. The number of carbonyl (C=O) groups excluding carboxylic acids is 4. The number of aryl methyl sites for hydroxylation is 3. The van der Waals surface area contributed by atoms with Crippen molar-refractivity contribution in [1.29, 1.82) is 0 Å². The largest absolute Gasteiger partial charge is 0.494 e. The molecule has 0 spiro atoms. The molecule has 422 valence electrons. The van der Waals surface area contributed by atoms with Crippen LogP contribution in [0.2, 0.25) is 0 Å². The number of carbonyl (C=O) groups is 4. The predicted octanol–water partition coefficient (Wildman–Crippen LogP) is 9.39. The molecular formula is C63H75N7O9S. The van der Waals surface area contributed by atoms with Crippen LogP contribution in [0.25, 0.3) is 21.6 Å². The van der Waals surface area contributed by atoms with Gasteiger partial charge in [-0.1, -0.05) is 56.3 Å². The highest BCUT2D eigenvalue weighted by atomic mass is 32.1. The van der Waals surface area contributed by atoms with Gasteiger partial charge in [0.15, 0.2) is 0 Å². The number of rotatable bonds is 21. The quantitative estimate of drug-likeness (QED) is 0.0502. The van der Waals surface area contributed by atoms with E-state index < -0.39 is 18.2 Å². The lowest BCUT2D eigenvalue weighted by Crippen LogP contribution is -2.55. The van der Waals surface area contributed by atoms with Gasteiger partial charge in [0.2, 0.25) is 11.8 Å².